The molecule has 1 heterocycles. The van der Waals surface area contributed by atoms with Crippen molar-refractivity contribution in [3.8, 4) is 0 Å². The summed E-state index contributed by atoms with van der Waals surface area (Å²) >= 11 is 1.75. The molecule has 0 radical (unpaired) electrons. The SMILES string of the molecule is CCNC(c1ccccc1)C(CC)Sc1ncn[nH]1. The zero-order valence-corrected chi connectivity index (χ0v) is 12.2. The fourth-order valence-electron chi connectivity index (χ4n) is 2.13. The van der Waals surface area contributed by atoms with E-state index in [0.717, 1.165) is 18.1 Å². The van der Waals surface area contributed by atoms with Crippen LogP contribution in [0.25, 0.3) is 0 Å². The summed E-state index contributed by atoms with van der Waals surface area (Å²) in [6, 6.07) is 10.9. The first-order valence-corrected chi connectivity index (χ1v) is 7.53. The van der Waals surface area contributed by atoms with E-state index in [2.05, 4.69) is 64.7 Å². The Balaban J connectivity index is 2.16. The lowest BCUT2D eigenvalue weighted by Gasteiger charge is -2.26. The van der Waals surface area contributed by atoms with Crippen molar-refractivity contribution in [2.24, 2.45) is 0 Å². The van der Waals surface area contributed by atoms with Gasteiger partial charge in [-0.25, -0.2) is 4.98 Å². The first-order valence-electron chi connectivity index (χ1n) is 6.65. The first kappa shape index (κ1) is 14.1. The van der Waals surface area contributed by atoms with Crippen molar-refractivity contribution in [1.29, 1.82) is 0 Å². The third kappa shape index (κ3) is 3.81. The summed E-state index contributed by atoms with van der Waals surface area (Å²) in [6.07, 6.45) is 2.62. The molecule has 2 N–H and O–H groups in total. The fraction of sp³-hybridized carbons (Fsp3) is 0.429. The van der Waals surface area contributed by atoms with Gasteiger partial charge >= 0.3 is 0 Å². The number of aromatic nitrogens is 3. The van der Waals surface area contributed by atoms with Crippen LogP contribution in [0.5, 0.6) is 0 Å². The zero-order chi connectivity index (χ0) is 13.5. The predicted octanol–water partition coefficient (Wildman–Crippen LogP) is 3.03. The van der Waals surface area contributed by atoms with Gasteiger partial charge in [0.05, 0.1) is 0 Å². The molecule has 0 aliphatic carbocycles. The number of nitrogens with zero attached hydrogens (tertiary/aromatic N) is 2. The summed E-state index contributed by atoms with van der Waals surface area (Å²) in [7, 11) is 0. The molecular formula is C14H20N4S. The standard InChI is InChI=1S/C14H20N4S/c1-3-12(19-14-16-10-17-18-14)13(15-4-2)11-8-6-5-7-9-11/h5-10,12-13,15H,3-4H2,1-2H3,(H,16,17,18). The Hall–Kier alpha value is -1.33. The Bertz CT molecular complexity index is 458. The van der Waals surface area contributed by atoms with Crippen LogP contribution >= 0.6 is 11.8 Å². The molecule has 5 heteroatoms. The van der Waals surface area contributed by atoms with E-state index in [0.29, 0.717) is 11.3 Å². The highest BCUT2D eigenvalue weighted by molar-refractivity contribution is 7.99. The molecule has 0 amide bonds. The van der Waals surface area contributed by atoms with Crippen LogP contribution in [0, 0.1) is 0 Å². The minimum Gasteiger partial charge on any atom is -0.309 e. The molecule has 4 nitrogen and oxygen atoms in total. The van der Waals surface area contributed by atoms with Gasteiger partial charge in [0.2, 0.25) is 0 Å². The van der Waals surface area contributed by atoms with Crippen LogP contribution in [0.1, 0.15) is 31.9 Å². The molecule has 1 aromatic heterocycles. The quantitative estimate of drug-likeness (QED) is 0.763. The molecule has 0 saturated carbocycles. The molecule has 0 aliphatic rings. The highest BCUT2D eigenvalue weighted by Crippen LogP contribution is 2.32. The van der Waals surface area contributed by atoms with Gasteiger partial charge in [-0.05, 0) is 18.5 Å². The van der Waals surface area contributed by atoms with Crippen LogP contribution in [0.15, 0.2) is 41.8 Å². The predicted molar refractivity (Wildman–Crippen MR) is 79.2 cm³/mol. The first-order chi connectivity index (χ1) is 9.35. The second-order valence-corrected chi connectivity index (χ2v) is 5.53. The van der Waals surface area contributed by atoms with Crippen LogP contribution < -0.4 is 5.32 Å². The summed E-state index contributed by atoms with van der Waals surface area (Å²) in [5, 5.41) is 11.7. The summed E-state index contributed by atoms with van der Waals surface area (Å²) in [5.41, 5.74) is 1.32. The largest absolute Gasteiger partial charge is 0.309 e. The van der Waals surface area contributed by atoms with Crippen molar-refractivity contribution in [3.05, 3.63) is 42.2 Å². The molecule has 0 saturated heterocycles. The molecule has 0 fully saturated rings. The van der Waals surface area contributed by atoms with E-state index >= 15 is 0 Å². The van der Waals surface area contributed by atoms with Crippen LogP contribution in [0.3, 0.4) is 0 Å². The molecule has 102 valence electrons. The van der Waals surface area contributed by atoms with Crippen molar-refractivity contribution in [1.82, 2.24) is 20.5 Å². The smallest absolute Gasteiger partial charge is 0.183 e. The van der Waals surface area contributed by atoms with Gasteiger partial charge in [-0.15, -0.1) is 0 Å². The van der Waals surface area contributed by atoms with Crippen LogP contribution in [-0.2, 0) is 0 Å². The van der Waals surface area contributed by atoms with E-state index in [1.807, 2.05) is 0 Å². The van der Waals surface area contributed by atoms with Gasteiger partial charge in [-0.2, -0.15) is 5.10 Å². The molecule has 0 bridgehead atoms. The fourth-order valence-corrected chi connectivity index (χ4v) is 3.18. The molecular weight excluding hydrogens is 256 g/mol. The minimum atomic E-state index is 0.325. The highest BCUT2D eigenvalue weighted by Gasteiger charge is 2.22. The summed E-state index contributed by atoms with van der Waals surface area (Å²) in [4.78, 5) is 4.21. The Morgan fingerprint density at radius 1 is 1.26 bits per heavy atom. The van der Waals surface area contributed by atoms with E-state index in [-0.39, 0.29) is 0 Å². The lowest BCUT2D eigenvalue weighted by Crippen LogP contribution is -2.29. The average Bonchev–Trinajstić information content (AvgIpc) is 2.96. The molecule has 2 aromatic rings. The van der Waals surface area contributed by atoms with Crippen molar-refractivity contribution in [2.75, 3.05) is 6.54 Å². The summed E-state index contributed by atoms with van der Waals surface area (Å²) < 4.78 is 0. The topological polar surface area (TPSA) is 53.6 Å². The maximum absolute atomic E-state index is 4.21. The second kappa shape index (κ2) is 7.31. The third-order valence-electron chi connectivity index (χ3n) is 3.01. The van der Waals surface area contributed by atoms with Crippen molar-refractivity contribution in [2.45, 2.75) is 36.7 Å². The number of rotatable bonds is 7. The average molecular weight is 276 g/mol. The zero-order valence-electron chi connectivity index (χ0n) is 11.3. The molecule has 19 heavy (non-hydrogen) atoms. The number of aromatic amines is 1. The van der Waals surface area contributed by atoms with Gasteiger partial charge in [-0.1, -0.05) is 55.9 Å². The Labute approximate surface area is 118 Å². The lowest BCUT2D eigenvalue weighted by molar-refractivity contribution is 0.521. The van der Waals surface area contributed by atoms with Gasteiger partial charge in [0.1, 0.15) is 6.33 Å². The number of thioether (sulfide) groups is 1. The van der Waals surface area contributed by atoms with Crippen LogP contribution in [0.4, 0.5) is 0 Å². The number of nitrogens with one attached hydrogen (secondary N) is 2. The Morgan fingerprint density at radius 3 is 2.63 bits per heavy atom. The molecule has 2 unspecified atom stereocenters. The van der Waals surface area contributed by atoms with Crippen LogP contribution in [0.2, 0.25) is 0 Å². The van der Waals surface area contributed by atoms with Crippen molar-refractivity contribution >= 4 is 11.8 Å². The van der Waals surface area contributed by atoms with Gasteiger partial charge in [-0.3, -0.25) is 5.10 Å². The van der Waals surface area contributed by atoms with E-state index in [1.54, 1.807) is 18.1 Å². The normalized spacial score (nSPS) is 14.2. The molecule has 0 spiro atoms. The summed E-state index contributed by atoms with van der Waals surface area (Å²) in [5.74, 6) is 0. The van der Waals surface area contributed by atoms with Gasteiger partial charge < -0.3 is 5.32 Å². The number of benzene rings is 1. The number of H-pyrrole nitrogens is 1. The van der Waals surface area contributed by atoms with Gasteiger partial charge in [0.25, 0.3) is 0 Å². The van der Waals surface area contributed by atoms with Gasteiger partial charge in [0.15, 0.2) is 5.16 Å². The lowest BCUT2D eigenvalue weighted by atomic mass is 10.0. The maximum atomic E-state index is 4.21. The Morgan fingerprint density at radius 2 is 2.05 bits per heavy atom. The number of hydrogen-bond acceptors (Lipinski definition) is 4. The monoisotopic (exact) mass is 276 g/mol. The van der Waals surface area contributed by atoms with E-state index in [1.165, 1.54) is 5.56 Å². The van der Waals surface area contributed by atoms with E-state index in [9.17, 15) is 0 Å². The van der Waals surface area contributed by atoms with E-state index in [4.69, 9.17) is 0 Å². The highest BCUT2D eigenvalue weighted by atomic mass is 32.2. The van der Waals surface area contributed by atoms with Crippen molar-refractivity contribution in [3.63, 3.8) is 0 Å². The molecule has 2 atom stereocenters. The number of hydrogen-bond donors (Lipinski definition) is 2. The maximum Gasteiger partial charge on any atom is 0.183 e. The minimum absolute atomic E-state index is 0.325. The molecule has 1 aromatic carbocycles. The third-order valence-corrected chi connectivity index (χ3v) is 4.34. The molecule has 0 aliphatic heterocycles. The van der Waals surface area contributed by atoms with Crippen molar-refractivity contribution < 1.29 is 0 Å². The summed E-state index contributed by atoms with van der Waals surface area (Å²) in [6.45, 7) is 5.30. The van der Waals surface area contributed by atoms with Gasteiger partial charge in [0, 0.05) is 11.3 Å². The van der Waals surface area contributed by atoms with E-state index < -0.39 is 0 Å². The van der Waals surface area contributed by atoms with Crippen LogP contribution in [-0.4, -0.2) is 27.0 Å². The molecule has 2 rings (SSSR count). The second-order valence-electron chi connectivity index (χ2n) is 4.30. The Kier molecular flexibility index (Phi) is 5.42.